The van der Waals surface area contributed by atoms with Gasteiger partial charge in [0.05, 0.1) is 4.92 Å². The number of benzene rings is 1. The number of nitrogens with one attached hydrogen (secondary N) is 1. The molecule has 1 saturated carbocycles. The van der Waals surface area contributed by atoms with E-state index in [1.807, 2.05) is 12.1 Å². The zero-order valence-electron chi connectivity index (χ0n) is 12.5. The third-order valence-electron chi connectivity index (χ3n) is 4.82. The molecule has 1 fully saturated rings. The van der Waals surface area contributed by atoms with Gasteiger partial charge in [-0.3, -0.25) is 10.1 Å². The zero-order chi connectivity index (χ0) is 14.7. The Morgan fingerprint density at radius 2 is 2.00 bits per heavy atom. The van der Waals surface area contributed by atoms with E-state index in [1.54, 1.807) is 12.1 Å². The average Bonchev–Trinajstić information content (AvgIpc) is 2.79. The quantitative estimate of drug-likeness (QED) is 0.651. The van der Waals surface area contributed by atoms with E-state index in [1.165, 1.54) is 19.3 Å². The Labute approximate surface area is 120 Å². The van der Waals surface area contributed by atoms with Crippen molar-refractivity contribution in [2.24, 2.45) is 11.8 Å². The molecule has 1 aliphatic rings. The number of non-ortho nitro benzene ring substituents is 1. The van der Waals surface area contributed by atoms with Crippen molar-refractivity contribution in [1.82, 2.24) is 5.32 Å². The lowest BCUT2D eigenvalue weighted by Gasteiger charge is -2.25. The molecular weight excluding hydrogens is 252 g/mol. The van der Waals surface area contributed by atoms with E-state index in [4.69, 9.17) is 0 Å². The number of hydrogen-bond acceptors (Lipinski definition) is 3. The van der Waals surface area contributed by atoms with Gasteiger partial charge in [0.15, 0.2) is 0 Å². The predicted molar refractivity (Wildman–Crippen MR) is 80.6 cm³/mol. The topological polar surface area (TPSA) is 55.2 Å². The zero-order valence-corrected chi connectivity index (χ0v) is 12.5. The van der Waals surface area contributed by atoms with Crippen LogP contribution in [0.2, 0.25) is 0 Å². The highest BCUT2D eigenvalue weighted by molar-refractivity contribution is 5.34. The molecule has 0 spiro atoms. The number of nitro benzene ring substituents is 1. The predicted octanol–water partition coefficient (Wildman–Crippen LogP) is 4.07. The maximum Gasteiger partial charge on any atom is 0.269 e. The summed E-state index contributed by atoms with van der Waals surface area (Å²) in [6.07, 6.45) is 3.80. The van der Waals surface area contributed by atoms with E-state index >= 15 is 0 Å². The molecule has 0 radical (unpaired) electrons. The van der Waals surface area contributed by atoms with E-state index in [0.29, 0.717) is 12.0 Å². The molecule has 0 aromatic heterocycles. The van der Waals surface area contributed by atoms with E-state index in [2.05, 4.69) is 26.1 Å². The molecule has 0 aliphatic heterocycles. The van der Waals surface area contributed by atoms with Crippen molar-refractivity contribution in [3.8, 4) is 0 Å². The molecule has 4 heteroatoms. The molecule has 20 heavy (non-hydrogen) atoms. The van der Waals surface area contributed by atoms with Gasteiger partial charge in [0, 0.05) is 24.2 Å². The fourth-order valence-electron chi connectivity index (χ4n) is 3.36. The fraction of sp³-hybridized carbons (Fsp3) is 0.625. The van der Waals surface area contributed by atoms with Gasteiger partial charge < -0.3 is 5.32 Å². The monoisotopic (exact) mass is 276 g/mol. The first-order chi connectivity index (χ1) is 9.52. The lowest BCUT2D eigenvalue weighted by molar-refractivity contribution is -0.384. The van der Waals surface area contributed by atoms with Gasteiger partial charge in [0.25, 0.3) is 5.69 Å². The van der Waals surface area contributed by atoms with Crippen LogP contribution < -0.4 is 5.32 Å². The number of rotatable bonds is 5. The van der Waals surface area contributed by atoms with Crippen LogP contribution >= 0.6 is 0 Å². The fourth-order valence-corrected chi connectivity index (χ4v) is 3.36. The molecule has 4 atom stereocenters. The summed E-state index contributed by atoms with van der Waals surface area (Å²) in [6.45, 7) is 6.73. The summed E-state index contributed by atoms with van der Waals surface area (Å²) in [5.41, 5.74) is 1.27. The Hall–Kier alpha value is -1.42. The van der Waals surface area contributed by atoms with Crippen LogP contribution in [-0.4, -0.2) is 11.0 Å². The average molecular weight is 276 g/mol. The van der Waals surface area contributed by atoms with Crippen LogP contribution in [0.25, 0.3) is 0 Å². The van der Waals surface area contributed by atoms with E-state index in [9.17, 15) is 10.1 Å². The van der Waals surface area contributed by atoms with Gasteiger partial charge in [-0.25, -0.2) is 0 Å². The van der Waals surface area contributed by atoms with Crippen LogP contribution in [0.15, 0.2) is 24.3 Å². The Kier molecular flexibility index (Phi) is 4.76. The summed E-state index contributed by atoms with van der Waals surface area (Å²) < 4.78 is 0. The second-order valence-corrected chi connectivity index (χ2v) is 5.95. The van der Waals surface area contributed by atoms with Gasteiger partial charge in [-0.2, -0.15) is 0 Å². The first-order valence-corrected chi connectivity index (χ1v) is 7.53. The summed E-state index contributed by atoms with van der Waals surface area (Å²) in [7, 11) is 0. The highest BCUT2D eigenvalue weighted by atomic mass is 16.6. The van der Waals surface area contributed by atoms with E-state index in [0.717, 1.165) is 11.5 Å². The third kappa shape index (κ3) is 3.18. The van der Waals surface area contributed by atoms with Crippen LogP contribution in [0, 0.1) is 22.0 Å². The first kappa shape index (κ1) is 15.0. The van der Waals surface area contributed by atoms with Crippen molar-refractivity contribution in [2.75, 3.05) is 0 Å². The highest BCUT2D eigenvalue weighted by Crippen LogP contribution is 2.35. The van der Waals surface area contributed by atoms with Crippen molar-refractivity contribution < 1.29 is 4.92 Å². The van der Waals surface area contributed by atoms with Crippen molar-refractivity contribution in [3.05, 3.63) is 39.9 Å². The minimum Gasteiger partial charge on any atom is -0.307 e. The molecule has 110 valence electrons. The molecule has 0 saturated heterocycles. The van der Waals surface area contributed by atoms with Gasteiger partial charge in [0.2, 0.25) is 0 Å². The molecule has 4 nitrogen and oxygen atoms in total. The summed E-state index contributed by atoms with van der Waals surface area (Å²) in [4.78, 5) is 10.3. The molecule has 1 N–H and O–H groups in total. The molecule has 1 aliphatic carbocycles. The molecular formula is C16H24N2O2. The van der Waals surface area contributed by atoms with Gasteiger partial charge >= 0.3 is 0 Å². The maximum atomic E-state index is 10.7. The molecule has 1 aromatic rings. The van der Waals surface area contributed by atoms with Gasteiger partial charge in [-0.1, -0.05) is 32.4 Å². The summed E-state index contributed by atoms with van der Waals surface area (Å²) in [5.74, 6) is 1.54. The van der Waals surface area contributed by atoms with Gasteiger partial charge in [-0.05, 0) is 37.2 Å². The summed E-state index contributed by atoms with van der Waals surface area (Å²) in [5, 5.41) is 14.4. The lowest BCUT2D eigenvalue weighted by Crippen LogP contribution is -2.34. The smallest absolute Gasteiger partial charge is 0.269 e. The molecule has 0 bridgehead atoms. The van der Waals surface area contributed by atoms with Crippen molar-refractivity contribution in [3.63, 3.8) is 0 Å². The van der Waals surface area contributed by atoms with Crippen LogP contribution in [0.5, 0.6) is 0 Å². The molecule has 0 heterocycles. The highest BCUT2D eigenvalue weighted by Gasteiger charge is 2.32. The van der Waals surface area contributed by atoms with Crippen molar-refractivity contribution in [1.29, 1.82) is 0 Å². The summed E-state index contributed by atoms with van der Waals surface area (Å²) in [6, 6.07) is 7.67. The molecule has 0 amide bonds. The number of nitro groups is 1. The number of nitrogens with zero attached hydrogens (tertiary/aromatic N) is 1. The Morgan fingerprint density at radius 3 is 2.50 bits per heavy atom. The minimum absolute atomic E-state index is 0.154. The van der Waals surface area contributed by atoms with Crippen molar-refractivity contribution >= 4 is 5.69 Å². The van der Waals surface area contributed by atoms with Crippen LogP contribution in [0.1, 0.15) is 51.6 Å². The maximum absolute atomic E-state index is 10.7. The normalized spacial score (nSPS) is 27.4. The number of hydrogen-bond donors (Lipinski definition) is 1. The largest absolute Gasteiger partial charge is 0.307 e. The molecule has 2 rings (SSSR count). The second kappa shape index (κ2) is 6.35. The van der Waals surface area contributed by atoms with Gasteiger partial charge in [-0.15, -0.1) is 0 Å². The Morgan fingerprint density at radius 1 is 1.35 bits per heavy atom. The van der Waals surface area contributed by atoms with Crippen LogP contribution in [0.3, 0.4) is 0 Å². The Balaban J connectivity index is 1.98. The molecule has 4 unspecified atom stereocenters. The van der Waals surface area contributed by atoms with E-state index in [-0.39, 0.29) is 16.7 Å². The SMILES string of the molecule is CCC1CCC(NC(C)c2ccc([N+](=O)[O-])cc2)C1C. The second-order valence-electron chi connectivity index (χ2n) is 5.95. The van der Waals surface area contributed by atoms with Crippen molar-refractivity contribution in [2.45, 2.75) is 52.1 Å². The lowest BCUT2D eigenvalue weighted by atomic mass is 9.93. The minimum atomic E-state index is -0.354. The standard InChI is InChI=1S/C16H24N2O2/c1-4-13-7-10-16(11(13)2)17-12(3)14-5-8-15(9-6-14)18(19)20/h5-6,8-9,11-13,16-17H,4,7,10H2,1-3H3. The van der Waals surface area contributed by atoms with Crippen LogP contribution in [0.4, 0.5) is 5.69 Å². The van der Waals surface area contributed by atoms with Gasteiger partial charge in [0.1, 0.15) is 0 Å². The molecule has 1 aromatic carbocycles. The Bertz CT molecular complexity index is 458. The van der Waals surface area contributed by atoms with Crippen LogP contribution in [-0.2, 0) is 0 Å². The summed E-state index contributed by atoms with van der Waals surface area (Å²) >= 11 is 0. The van der Waals surface area contributed by atoms with E-state index < -0.39 is 0 Å². The third-order valence-corrected chi connectivity index (χ3v) is 4.82. The first-order valence-electron chi connectivity index (χ1n) is 7.53.